The van der Waals surface area contributed by atoms with Crippen molar-refractivity contribution in [2.45, 2.75) is 39.2 Å². The van der Waals surface area contributed by atoms with Crippen LogP contribution in [0, 0.1) is 0 Å². The number of hydrogen-bond donors (Lipinski definition) is 1. The lowest BCUT2D eigenvalue weighted by Gasteiger charge is -2.12. The van der Waals surface area contributed by atoms with E-state index < -0.39 is 0 Å². The van der Waals surface area contributed by atoms with Gasteiger partial charge >= 0.3 is 0 Å². The van der Waals surface area contributed by atoms with Crippen molar-refractivity contribution in [3.8, 4) is 0 Å². The molecule has 0 saturated heterocycles. The molecule has 0 bridgehead atoms. The Morgan fingerprint density at radius 1 is 1.23 bits per heavy atom. The molecule has 0 aliphatic carbocycles. The second-order valence-electron chi connectivity index (χ2n) is 3.13. The van der Waals surface area contributed by atoms with Crippen LogP contribution in [0.4, 0.5) is 0 Å². The van der Waals surface area contributed by atoms with E-state index in [0.29, 0.717) is 6.61 Å². The van der Waals surface area contributed by atoms with Gasteiger partial charge in [-0.05, 0) is 32.4 Å². The van der Waals surface area contributed by atoms with E-state index in [1.54, 1.807) is 0 Å². The monoisotopic (exact) mass is 206 g/mol. The summed E-state index contributed by atoms with van der Waals surface area (Å²) in [5, 5.41) is 0. The SMILES string of the molecule is CCOCC(C)OCCCCCS. The third kappa shape index (κ3) is 10.2. The Kier molecular flexibility index (Phi) is 10.6. The summed E-state index contributed by atoms with van der Waals surface area (Å²) in [5.41, 5.74) is 0. The molecule has 0 saturated carbocycles. The minimum absolute atomic E-state index is 0.232. The first kappa shape index (κ1) is 13.3. The largest absolute Gasteiger partial charge is 0.379 e. The van der Waals surface area contributed by atoms with Gasteiger partial charge in [-0.1, -0.05) is 6.42 Å². The van der Waals surface area contributed by atoms with Crippen LogP contribution in [-0.4, -0.2) is 31.7 Å². The summed E-state index contributed by atoms with van der Waals surface area (Å²) in [4.78, 5) is 0. The fourth-order valence-electron chi connectivity index (χ4n) is 1.01. The lowest BCUT2D eigenvalue weighted by Crippen LogP contribution is -2.16. The lowest BCUT2D eigenvalue weighted by atomic mass is 10.3. The summed E-state index contributed by atoms with van der Waals surface area (Å²) in [7, 11) is 0. The highest BCUT2D eigenvalue weighted by Gasteiger charge is 2.00. The summed E-state index contributed by atoms with van der Waals surface area (Å²) >= 11 is 4.15. The molecule has 0 aromatic carbocycles. The molecule has 80 valence electrons. The van der Waals surface area contributed by atoms with Crippen molar-refractivity contribution < 1.29 is 9.47 Å². The molecule has 0 heterocycles. The molecule has 0 aliphatic heterocycles. The van der Waals surface area contributed by atoms with Crippen molar-refractivity contribution in [2.75, 3.05) is 25.6 Å². The van der Waals surface area contributed by atoms with Gasteiger partial charge in [-0.15, -0.1) is 0 Å². The summed E-state index contributed by atoms with van der Waals surface area (Å²) in [6.45, 7) is 6.38. The second-order valence-corrected chi connectivity index (χ2v) is 3.57. The van der Waals surface area contributed by atoms with Crippen molar-refractivity contribution in [1.82, 2.24) is 0 Å². The standard InChI is InChI=1S/C10H22O2S/c1-3-11-9-10(2)12-7-5-4-6-8-13/h10,13H,3-9H2,1-2H3. The van der Waals surface area contributed by atoms with Gasteiger partial charge in [-0.3, -0.25) is 0 Å². The zero-order valence-corrected chi connectivity index (χ0v) is 9.69. The van der Waals surface area contributed by atoms with Crippen LogP contribution in [0.25, 0.3) is 0 Å². The molecular formula is C10H22O2S. The Morgan fingerprint density at radius 3 is 2.62 bits per heavy atom. The van der Waals surface area contributed by atoms with Crippen molar-refractivity contribution >= 4 is 12.6 Å². The quantitative estimate of drug-likeness (QED) is 0.461. The highest BCUT2D eigenvalue weighted by atomic mass is 32.1. The van der Waals surface area contributed by atoms with Crippen molar-refractivity contribution in [2.24, 2.45) is 0 Å². The van der Waals surface area contributed by atoms with Gasteiger partial charge in [-0.25, -0.2) is 0 Å². The predicted molar refractivity (Wildman–Crippen MR) is 59.6 cm³/mol. The first-order valence-corrected chi connectivity index (χ1v) is 5.74. The third-order valence-electron chi connectivity index (χ3n) is 1.76. The molecule has 0 rings (SSSR count). The minimum atomic E-state index is 0.232. The molecule has 0 aromatic rings. The minimum Gasteiger partial charge on any atom is -0.379 e. The molecule has 0 N–H and O–H groups in total. The van der Waals surface area contributed by atoms with Crippen LogP contribution < -0.4 is 0 Å². The zero-order valence-electron chi connectivity index (χ0n) is 8.79. The Hall–Kier alpha value is 0.270. The van der Waals surface area contributed by atoms with Crippen molar-refractivity contribution in [3.05, 3.63) is 0 Å². The van der Waals surface area contributed by atoms with E-state index in [-0.39, 0.29) is 6.10 Å². The van der Waals surface area contributed by atoms with Crippen molar-refractivity contribution in [3.63, 3.8) is 0 Å². The van der Waals surface area contributed by atoms with Gasteiger partial charge in [0.1, 0.15) is 0 Å². The number of thiol groups is 1. The molecule has 0 amide bonds. The van der Waals surface area contributed by atoms with Gasteiger partial charge in [0.05, 0.1) is 12.7 Å². The molecule has 0 spiro atoms. The molecule has 1 unspecified atom stereocenters. The number of hydrogen-bond acceptors (Lipinski definition) is 3. The molecule has 0 aromatic heterocycles. The van der Waals surface area contributed by atoms with Gasteiger partial charge in [0, 0.05) is 13.2 Å². The molecule has 13 heavy (non-hydrogen) atoms. The first-order chi connectivity index (χ1) is 6.31. The summed E-state index contributed by atoms with van der Waals surface area (Å²) in [5.74, 6) is 0.981. The maximum Gasteiger partial charge on any atom is 0.0780 e. The average Bonchev–Trinajstić information content (AvgIpc) is 2.14. The maximum atomic E-state index is 5.54. The highest BCUT2D eigenvalue weighted by Crippen LogP contribution is 1.99. The number of rotatable bonds is 9. The Morgan fingerprint density at radius 2 is 2.00 bits per heavy atom. The normalized spacial score (nSPS) is 13.2. The van der Waals surface area contributed by atoms with Gasteiger partial charge in [0.25, 0.3) is 0 Å². The molecule has 1 atom stereocenters. The fourth-order valence-corrected chi connectivity index (χ4v) is 1.23. The first-order valence-electron chi connectivity index (χ1n) is 5.11. The molecule has 2 nitrogen and oxygen atoms in total. The van der Waals surface area contributed by atoms with Gasteiger partial charge in [0.2, 0.25) is 0 Å². The van der Waals surface area contributed by atoms with Crippen LogP contribution in [0.1, 0.15) is 33.1 Å². The van der Waals surface area contributed by atoms with Crippen LogP contribution in [0.15, 0.2) is 0 Å². The average molecular weight is 206 g/mol. The van der Waals surface area contributed by atoms with E-state index in [1.807, 2.05) is 13.8 Å². The van der Waals surface area contributed by atoms with E-state index in [9.17, 15) is 0 Å². The van der Waals surface area contributed by atoms with E-state index in [2.05, 4.69) is 12.6 Å². The van der Waals surface area contributed by atoms with Crippen molar-refractivity contribution in [1.29, 1.82) is 0 Å². The summed E-state index contributed by atoms with van der Waals surface area (Å²) in [6, 6.07) is 0. The Balaban J connectivity index is 3.03. The molecular weight excluding hydrogens is 184 g/mol. The number of ether oxygens (including phenoxy) is 2. The highest BCUT2D eigenvalue weighted by molar-refractivity contribution is 7.80. The van der Waals surface area contributed by atoms with Crippen LogP contribution in [0.5, 0.6) is 0 Å². The van der Waals surface area contributed by atoms with Crippen LogP contribution >= 0.6 is 12.6 Å². The molecule has 0 aliphatic rings. The van der Waals surface area contributed by atoms with E-state index >= 15 is 0 Å². The van der Waals surface area contributed by atoms with Crippen LogP contribution in [0.2, 0.25) is 0 Å². The van der Waals surface area contributed by atoms with E-state index in [4.69, 9.17) is 9.47 Å². The molecule has 3 heteroatoms. The molecule has 0 radical (unpaired) electrons. The maximum absolute atomic E-state index is 5.54. The smallest absolute Gasteiger partial charge is 0.0780 e. The Bertz CT molecular complexity index is 98.9. The zero-order chi connectivity index (χ0) is 9.94. The van der Waals surface area contributed by atoms with Gasteiger partial charge in [-0.2, -0.15) is 12.6 Å². The summed E-state index contributed by atoms with van der Waals surface area (Å²) < 4.78 is 10.8. The van der Waals surface area contributed by atoms with E-state index in [1.165, 1.54) is 12.8 Å². The van der Waals surface area contributed by atoms with Crippen LogP contribution in [-0.2, 0) is 9.47 Å². The molecule has 0 fully saturated rings. The second kappa shape index (κ2) is 10.4. The van der Waals surface area contributed by atoms with Crippen LogP contribution in [0.3, 0.4) is 0 Å². The number of unbranched alkanes of at least 4 members (excludes halogenated alkanes) is 2. The third-order valence-corrected chi connectivity index (χ3v) is 2.08. The predicted octanol–water partition coefficient (Wildman–Crippen LogP) is 2.53. The van der Waals surface area contributed by atoms with Gasteiger partial charge < -0.3 is 9.47 Å². The topological polar surface area (TPSA) is 18.5 Å². The fraction of sp³-hybridized carbons (Fsp3) is 1.00. The van der Waals surface area contributed by atoms with Gasteiger partial charge in [0.15, 0.2) is 0 Å². The van der Waals surface area contributed by atoms with E-state index in [0.717, 1.165) is 25.4 Å². The summed E-state index contributed by atoms with van der Waals surface area (Å²) in [6.07, 6.45) is 3.77. The Labute approximate surface area is 87.4 Å². The lowest BCUT2D eigenvalue weighted by molar-refractivity contribution is -0.00447.